The Labute approximate surface area is 98.3 Å². The molecule has 86 valence electrons. The van der Waals surface area contributed by atoms with Crippen LogP contribution in [0.15, 0.2) is 24.3 Å². The molecular formula is C14H20N2. The molecule has 0 saturated carbocycles. The Bertz CT molecular complexity index is 375. The maximum atomic E-state index is 8.78. The Morgan fingerprint density at radius 2 is 2.12 bits per heavy atom. The molecule has 0 bridgehead atoms. The third kappa shape index (κ3) is 4.04. The minimum Gasteiger partial charge on any atom is -0.312 e. The zero-order chi connectivity index (χ0) is 12.0. The maximum absolute atomic E-state index is 8.78. The molecule has 2 heteroatoms. The lowest BCUT2D eigenvalue weighted by atomic mass is 9.90. The van der Waals surface area contributed by atoms with Crippen LogP contribution < -0.4 is 5.32 Å². The zero-order valence-corrected chi connectivity index (χ0v) is 10.4. The van der Waals surface area contributed by atoms with Gasteiger partial charge in [-0.2, -0.15) is 5.26 Å². The molecule has 1 aromatic rings. The van der Waals surface area contributed by atoms with E-state index in [0.29, 0.717) is 5.41 Å². The van der Waals surface area contributed by atoms with Crippen LogP contribution in [0.2, 0.25) is 0 Å². The van der Waals surface area contributed by atoms with Crippen LogP contribution >= 0.6 is 0 Å². The second-order valence-corrected chi connectivity index (χ2v) is 4.93. The van der Waals surface area contributed by atoms with E-state index in [4.69, 9.17) is 5.26 Å². The number of benzene rings is 1. The van der Waals surface area contributed by atoms with E-state index in [1.54, 1.807) is 0 Å². The van der Waals surface area contributed by atoms with Crippen molar-refractivity contribution >= 4 is 0 Å². The topological polar surface area (TPSA) is 35.8 Å². The van der Waals surface area contributed by atoms with E-state index in [2.05, 4.69) is 32.2 Å². The molecule has 16 heavy (non-hydrogen) atoms. The first-order valence-electron chi connectivity index (χ1n) is 5.77. The van der Waals surface area contributed by atoms with Crippen LogP contribution in [-0.4, -0.2) is 6.54 Å². The highest BCUT2D eigenvalue weighted by Crippen LogP contribution is 2.17. The largest absolute Gasteiger partial charge is 0.312 e. The summed E-state index contributed by atoms with van der Waals surface area (Å²) in [5, 5.41) is 12.2. The minimum absolute atomic E-state index is 0.340. The Morgan fingerprint density at radius 1 is 1.38 bits per heavy atom. The molecule has 0 aliphatic heterocycles. The van der Waals surface area contributed by atoms with Gasteiger partial charge in [-0.15, -0.1) is 0 Å². The summed E-state index contributed by atoms with van der Waals surface area (Å²) >= 11 is 0. The summed E-state index contributed by atoms with van der Waals surface area (Å²) in [4.78, 5) is 0. The van der Waals surface area contributed by atoms with Crippen LogP contribution in [0.3, 0.4) is 0 Å². The van der Waals surface area contributed by atoms with Crippen molar-refractivity contribution in [2.75, 3.05) is 6.54 Å². The number of rotatable bonds is 5. The molecule has 0 saturated heterocycles. The Hall–Kier alpha value is -1.33. The van der Waals surface area contributed by atoms with Crippen molar-refractivity contribution < 1.29 is 0 Å². The Morgan fingerprint density at radius 3 is 2.75 bits per heavy atom. The summed E-state index contributed by atoms with van der Waals surface area (Å²) in [6, 6.07) is 9.91. The lowest BCUT2D eigenvalue weighted by Crippen LogP contribution is -2.28. The molecule has 1 N–H and O–H groups in total. The predicted octanol–water partition coefficient (Wildman–Crippen LogP) is 3.08. The van der Waals surface area contributed by atoms with Gasteiger partial charge in [-0.3, -0.25) is 0 Å². The van der Waals surface area contributed by atoms with Crippen LogP contribution in [0.25, 0.3) is 0 Å². The molecule has 1 rings (SSSR count). The van der Waals surface area contributed by atoms with Gasteiger partial charge in [-0.25, -0.2) is 0 Å². The molecule has 1 aromatic carbocycles. The van der Waals surface area contributed by atoms with E-state index in [1.807, 2.05) is 24.3 Å². The highest BCUT2D eigenvalue weighted by atomic mass is 14.9. The third-order valence-corrected chi connectivity index (χ3v) is 2.95. The molecule has 0 heterocycles. The molecule has 0 atom stereocenters. The van der Waals surface area contributed by atoms with E-state index in [1.165, 1.54) is 5.56 Å². The van der Waals surface area contributed by atoms with Crippen molar-refractivity contribution in [1.82, 2.24) is 5.32 Å². The van der Waals surface area contributed by atoms with Crippen molar-refractivity contribution in [2.24, 2.45) is 5.41 Å². The first-order chi connectivity index (χ1) is 7.57. The smallest absolute Gasteiger partial charge is 0.0991 e. The van der Waals surface area contributed by atoms with E-state index in [0.717, 1.165) is 25.1 Å². The van der Waals surface area contributed by atoms with Crippen LogP contribution in [0.4, 0.5) is 0 Å². The van der Waals surface area contributed by atoms with Gasteiger partial charge in [0.05, 0.1) is 11.6 Å². The van der Waals surface area contributed by atoms with Crippen molar-refractivity contribution in [2.45, 2.75) is 33.7 Å². The van der Waals surface area contributed by atoms with Crippen LogP contribution in [-0.2, 0) is 6.54 Å². The number of hydrogen-bond acceptors (Lipinski definition) is 2. The molecule has 2 nitrogen and oxygen atoms in total. The SMILES string of the molecule is CCC(C)(C)CNCc1cccc(C#N)c1. The number of nitrogens with zero attached hydrogens (tertiary/aromatic N) is 1. The first kappa shape index (κ1) is 12.7. The quantitative estimate of drug-likeness (QED) is 0.821. The van der Waals surface area contributed by atoms with E-state index < -0.39 is 0 Å². The van der Waals surface area contributed by atoms with Gasteiger partial charge in [0.1, 0.15) is 0 Å². The summed E-state index contributed by atoms with van der Waals surface area (Å²) in [6.07, 6.45) is 1.16. The van der Waals surface area contributed by atoms with Crippen molar-refractivity contribution in [1.29, 1.82) is 5.26 Å². The first-order valence-corrected chi connectivity index (χ1v) is 5.77. The number of nitrogens with one attached hydrogen (secondary N) is 1. The predicted molar refractivity (Wildman–Crippen MR) is 66.9 cm³/mol. The highest BCUT2D eigenvalue weighted by Gasteiger charge is 2.13. The molecule has 0 aliphatic carbocycles. The normalized spacial score (nSPS) is 11.1. The van der Waals surface area contributed by atoms with Gasteiger partial charge in [0.15, 0.2) is 0 Å². The highest BCUT2D eigenvalue weighted by molar-refractivity contribution is 5.32. The monoisotopic (exact) mass is 216 g/mol. The van der Waals surface area contributed by atoms with Crippen molar-refractivity contribution in [3.63, 3.8) is 0 Å². The van der Waals surface area contributed by atoms with E-state index >= 15 is 0 Å². The molecule has 0 fully saturated rings. The summed E-state index contributed by atoms with van der Waals surface area (Å²) in [7, 11) is 0. The fourth-order valence-corrected chi connectivity index (χ4v) is 1.42. The molecule has 0 aliphatic rings. The van der Waals surface area contributed by atoms with Gasteiger partial charge in [-0.05, 0) is 29.5 Å². The standard InChI is InChI=1S/C14H20N2/c1-4-14(2,3)11-16-10-13-7-5-6-12(8-13)9-15/h5-8,16H,4,10-11H2,1-3H3. The van der Waals surface area contributed by atoms with E-state index in [-0.39, 0.29) is 0 Å². The van der Waals surface area contributed by atoms with Crippen LogP contribution in [0, 0.1) is 16.7 Å². The van der Waals surface area contributed by atoms with Crippen molar-refractivity contribution in [3.8, 4) is 6.07 Å². The Kier molecular flexibility index (Phi) is 4.52. The van der Waals surface area contributed by atoms with Gasteiger partial charge in [0, 0.05) is 13.1 Å². The summed E-state index contributed by atoms with van der Waals surface area (Å²) < 4.78 is 0. The van der Waals surface area contributed by atoms with Gasteiger partial charge in [0.25, 0.3) is 0 Å². The average molecular weight is 216 g/mol. The van der Waals surface area contributed by atoms with Gasteiger partial charge in [0.2, 0.25) is 0 Å². The number of nitriles is 1. The Balaban J connectivity index is 2.46. The second kappa shape index (κ2) is 5.67. The second-order valence-electron chi connectivity index (χ2n) is 4.93. The average Bonchev–Trinajstić information content (AvgIpc) is 2.29. The molecular weight excluding hydrogens is 196 g/mol. The lowest BCUT2D eigenvalue weighted by Gasteiger charge is -2.22. The molecule has 0 unspecified atom stereocenters. The molecule has 0 spiro atoms. The maximum Gasteiger partial charge on any atom is 0.0991 e. The zero-order valence-electron chi connectivity index (χ0n) is 10.4. The van der Waals surface area contributed by atoms with Gasteiger partial charge in [-0.1, -0.05) is 32.9 Å². The molecule has 0 amide bonds. The van der Waals surface area contributed by atoms with Crippen molar-refractivity contribution in [3.05, 3.63) is 35.4 Å². The molecule has 0 radical (unpaired) electrons. The molecule has 0 aromatic heterocycles. The summed E-state index contributed by atoms with van der Waals surface area (Å²) in [5.74, 6) is 0. The lowest BCUT2D eigenvalue weighted by molar-refractivity contribution is 0.327. The van der Waals surface area contributed by atoms with Gasteiger partial charge >= 0.3 is 0 Å². The fourth-order valence-electron chi connectivity index (χ4n) is 1.42. The summed E-state index contributed by atoms with van der Waals surface area (Å²) in [5.41, 5.74) is 2.24. The van der Waals surface area contributed by atoms with E-state index in [9.17, 15) is 0 Å². The van der Waals surface area contributed by atoms with Gasteiger partial charge < -0.3 is 5.32 Å². The third-order valence-electron chi connectivity index (χ3n) is 2.95. The fraction of sp³-hybridized carbons (Fsp3) is 0.500. The number of hydrogen-bond donors (Lipinski definition) is 1. The van der Waals surface area contributed by atoms with Crippen LogP contribution in [0.1, 0.15) is 38.3 Å². The van der Waals surface area contributed by atoms with Crippen LogP contribution in [0.5, 0.6) is 0 Å². The summed E-state index contributed by atoms with van der Waals surface area (Å²) in [6.45, 7) is 8.55. The minimum atomic E-state index is 0.340.